The predicted octanol–water partition coefficient (Wildman–Crippen LogP) is 2.34. The van der Waals surface area contributed by atoms with Gasteiger partial charge in [0.25, 0.3) is 0 Å². The van der Waals surface area contributed by atoms with Crippen LogP contribution >= 0.6 is 0 Å². The monoisotopic (exact) mass is 295 g/mol. The summed E-state index contributed by atoms with van der Waals surface area (Å²) < 4.78 is 33.9. The number of ether oxygens (including phenoxy) is 2. The van der Waals surface area contributed by atoms with E-state index in [-0.39, 0.29) is 11.8 Å². The Morgan fingerprint density at radius 1 is 1.29 bits per heavy atom. The number of rotatable bonds is 4. The number of hydrogen-bond acceptors (Lipinski definition) is 4. The molecule has 1 atom stereocenters. The van der Waals surface area contributed by atoms with Gasteiger partial charge >= 0.3 is 6.61 Å². The van der Waals surface area contributed by atoms with Crippen molar-refractivity contribution in [2.75, 3.05) is 19.8 Å². The molecule has 0 amide bonds. The maximum Gasteiger partial charge on any atom is 0.387 e. The number of aromatic nitrogens is 2. The number of morpholine rings is 1. The minimum atomic E-state index is -2.81. The molecule has 1 aromatic heterocycles. The highest BCUT2D eigenvalue weighted by atomic mass is 19.3. The average molecular weight is 295 g/mol. The van der Waals surface area contributed by atoms with Crippen LogP contribution in [-0.2, 0) is 4.74 Å². The van der Waals surface area contributed by atoms with Crippen LogP contribution in [-0.4, -0.2) is 36.3 Å². The van der Waals surface area contributed by atoms with Gasteiger partial charge in [-0.05, 0) is 29.8 Å². The van der Waals surface area contributed by atoms with E-state index in [9.17, 15) is 8.78 Å². The van der Waals surface area contributed by atoms with Gasteiger partial charge in [0.15, 0.2) is 0 Å². The third kappa shape index (κ3) is 3.37. The maximum absolute atomic E-state index is 12.1. The maximum atomic E-state index is 12.1. The van der Waals surface area contributed by atoms with E-state index >= 15 is 0 Å². The Morgan fingerprint density at radius 3 is 2.76 bits per heavy atom. The molecule has 0 spiro atoms. The lowest BCUT2D eigenvalue weighted by Crippen LogP contribution is -2.35. The first-order valence-electron chi connectivity index (χ1n) is 6.63. The zero-order valence-electron chi connectivity index (χ0n) is 11.2. The first-order chi connectivity index (χ1) is 10.2. The van der Waals surface area contributed by atoms with Crippen molar-refractivity contribution in [3.05, 3.63) is 36.3 Å². The average Bonchev–Trinajstić information content (AvgIpc) is 2.98. The summed E-state index contributed by atoms with van der Waals surface area (Å²) in [6, 6.07) is 6.47. The Balaban J connectivity index is 1.73. The van der Waals surface area contributed by atoms with Crippen molar-refractivity contribution in [1.29, 1.82) is 0 Å². The van der Waals surface area contributed by atoms with E-state index in [1.165, 1.54) is 12.1 Å². The summed E-state index contributed by atoms with van der Waals surface area (Å²) in [4.78, 5) is 7.55. The van der Waals surface area contributed by atoms with Crippen LogP contribution in [0.15, 0.2) is 30.5 Å². The Hall–Kier alpha value is -1.99. The standard InChI is InChI=1S/C14H15F2N3O2/c15-14(16)21-10-3-1-9(2-4-10)11-7-18-13(19-11)12-8-20-6-5-17-12/h1-4,7,12,14,17H,5-6,8H2,(H,18,19). The molecule has 1 saturated heterocycles. The topological polar surface area (TPSA) is 59.2 Å². The lowest BCUT2D eigenvalue weighted by atomic mass is 10.1. The summed E-state index contributed by atoms with van der Waals surface area (Å²) in [5.74, 6) is 0.938. The molecule has 3 rings (SSSR count). The highest BCUT2D eigenvalue weighted by molar-refractivity contribution is 5.59. The second kappa shape index (κ2) is 6.19. The number of halogens is 2. The lowest BCUT2D eigenvalue weighted by molar-refractivity contribution is -0.0498. The SMILES string of the molecule is FC(F)Oc1ccc(-c2cnc(C3COCCN3)[nH]2)cc1. The van der Waals surface area contributed by atoms with E-state index in [0.717, 1.165) is 23.6 Å². The van der Waals surface area contributed by atoms with Gasteiger partial charge in [-0.25, -0.2) is 4.98 Å². The minimum Gasteiger partial charge on any atom is -0.435 e. The molecule has 112 valence electrons. The minimum absolute atomic E-state index is 0.0499. The zero-order chi connectivity index (χ0) is 14.7. The molecular formula is C14H15F2N3O2. The fraction of sp³-hybridized carbons (Fsp3) is 0.357. The molecule has 5 nitrogen and oxygen atoms in total. The number of imidazole rings is 1. The van der Waals surface area contributed by atoms with Crippen LogP contribution in [0.25, 0.3) is 11.3 Å². The number of nitrogens with zero attached hydrogens (tertiary/aromatic N) is 1. The van der Waals surface area contributed by atoms with Crippen molar-refractivity contribution in [1.82, 2.24) is 15.3 Å². The predicted molar refractivity (Wildman–Crippen MR) is 72.2 cm³/mol. The van der Waals surface area contributed by atoms with Crippen molar-refractivity contribution in [2.45, 2.75) is 12.7 Å². The van der Waals surface area contributed by atoms with Gasteiger partial charge in [0.1, 0.15) is 11.6 Å². The second-order valence-electron chi connectivity index (χ2n) is 4.67. The van der Waals surface area contributed by atoms with E-state index in [1.54, 1.807) is 18.3 Å². The van der Waals surface area contributed by atoms with Gasteiger partial charge in [-0.3, -0.25) is 0 Å². The summed E-state index contributed by atoms with van der Waals surface area (Å²) in [7, 11) is 0. The van der Waals surface area contributed by atoms with Gasteiger partial charge in [-0.15, -0.1) is 0 Å². The van der Waals surface area contributed by atoms with Crippen LogP contribution in [0.2, 0.25) is 0 Å². The van der Waals surface area contributed by atoms with Gasteiger partial charge in [-0.1, -0.05) is 0 Å². The Bertz CT molecular complexity index is 580. The highest BCUT2D eigenvalue weighted by Crippen LogP contribution is 2.23. The first-order valence-corrected chi connectivity index (χ1v) is 6.63. The van der Waals surface area contributed by atoms with E-state index < -0.39 is 6.61 Å². The smallest absolute Gasteiger partial charge is 0.387 e. The van der Waals surface area contributed by atoms with Gasteiger partial charge in [0.2, 0.25) is 0 Å². The van der Waals surface area contributed by atoms with E-state index in [1.807, 2.05) is 0 Å². The molecule has 2 aromatic rings. The molecule has 1 aliphatic rings. The summed E-state index contributed by atoms with van der Waals surface area (Å²) in [6.07, 6.45) is 1.72. The summed E-state index contributed by atoms with van der Waals surface area (Å²) in [5.41, 5.74) is 1.67. The van der Waals surface area contributed by atoms with E-state index in [0.29, 0.717) is 13.2 Å². The van der Waals surface area contributed by atoms with Crippen molar-refractivity contribution < 1.29 is 18.3 Å². The normalized spacial score (nSPS) is 18.9. The van der Waals surface area contributed by atoms with Crippen molar-refractivity contribution in [2.24, 2.45) is 0 Å². The van der Waals surface area contributed by atoms with Crippen LogP contribution in [0.4, 0.5) is 8.78 Å². The summed E-state index contributed by atoms with van der Waals surface area (Å²) in [5, 5.41) is 3.31. The first kappa shape index (κ1) is 14.0. The number of aromatic amines is 1. The molecule has 1 aliphatic heterocycles. The molecule has 1 fully saturated rings. The van der Waals surface area contributed by atoms with E-state index in [2.05, 4.69) is 20.0 Å². The van der Waals surface area contributed by atoms with Gasteiger partial charge in [-0.2, -0.15) is 8.78 Å². The van der Waals surface area contributed by atoms with Gasteiger partial charge < -0.3 is 19.8 Å². The van der Waals surface area contributed by atoms with Crippen molar-refractivity contribution in [3.63, 3.8) is 0 Å². The van der Waals surface area contributed by atoms with Crippen LogP contribution in [0, 0.1) is 0 Å². The summed E-state index contributed by atoms with van der Waals surface area (Å²) in [6.45, 7) is -0.739. The number of alkyl halides is 2. The number of H-pyrrole nitrogens is 1. The molecule has 2 heterocycles. The zero-order valence-corrected chi connectivity index (χ0v) is 11.2. The Morgan fingerprint density at radius 2 is 2.10 bits per heavy atom. The van der Waals surface area contributed by atoms with Crippen LogP contribution in [0.5, 0.6) is 5.75 Å². The second-order valence-corrected chi connectivity index (χ2v) is 4.67. The third-order valence-electron chi connectivity index (χ3n) is 3.24. The Kier molecular flexibility index (Phi) is 4.12. The molecule has 0 bridgehead atoms. The Labute approximate surface area is 120 Å². The molecule has 0 aliphatic carbocycles. The largest absolute Gasteiger partial charge is 0.435 e. The molecule has 1 unspecified atom stereocenters. The molecule has 2 N–H and O–H groups in total. The van der Waals surface area contributed by atoms with Crippen LogP contribution < -0.4 is 10.1 Å². The van der Waals surface area contributed by atoms with Crippen LogP contribution in [0.1, 0.15) is 11.9 Å². The fourth-order valence-corrected chi connectivity index (χ4v) is 2.22. The van der Waals surface area contributed by atoms with Gasteiger partial charge in [0.05, 0.1) is 31.1 Å². The highest BCUT2D eigenvalue weighted by Gasteiger charge is 2.18. The molecular weight excluding hydrogens is 280 g/mol. The fourth-order valence-electron chi connectivity index (χ4n) is 2.22. The van der Waals surface area contributed by atoms with Crippen molar-refractivity contribution in [3.8, 4) is 17.0 Å². The molecule has 21 heavy (non-hydrogen) atoms. The molecule has 0 saturated carbocycles. The quantitative estimate of drug-likeness (QED) is 0.909. The van der Waals surface area contributed by atoms with Crippen LogP contribution in [0.3, 0.4) is 0 Å². The molecule has 0 radical (unpaired) electrons. The number of benzene rings is 1. The molecule has 1 aromatic carbocycles. The van der Waals surface area contributed by atoms with E-state index in [4.69, 9.17) is 4.74 Å². The summed E-state index contributed by atoms with van der Waals surface area (Å²) >= 11 is 0. The number of hydrogen-bond donors (Lipinski definition) is 2. The lowest BCUT2D eigenvalue weighted by Gasteiger charge is -2.21. The van der Waals surface area contributed by atoms with Crippen molar-refractivity contribution >= 4 is 0 Å². The van der Waals surface area contributed by atoms with Gasteiger partial charge in [0, 0.05) is 6.54 Å². The number of nitrogens with one attached hydrogen (secondary N) is 2. The molecule has 7 heteroatoms. The third-order valence-corrected chi connectivity index (χ3v) is 3.24.